The number of amides is 3. The molecular formula is C23H36N5O2+. The normalized spacial score (nSPS) is 29.3. The monoisotopic (exact) mass is 414 g/mol. The van der Waals surface area contributed by atoms with Crippen LogP contribution in [0, 0.1) is 6.92 Å². The number of aryl methyl sites for hydroxylation is 1. The van der Waals surface area contributed by atoms with Gasteiger partial charge in [-0.1, -0.05) is 0 Å². The number of carbonyl (C=O) groups is 2. The minimum atomic E-state index is -0.0798. The summed E-state index contributed by atoms with van der Waals surface area (Å²) >= 11 is 0. The molecule has 3 atom stereocenters. The van der Waals surface area contributed by atoms with Crippen molar-refractivity contribution in [1.29, 1.82) is 0 Å². The number of urea groups is 1. The Morgan fingerprint density at radius 3 is 2.43 bits per heavy atom. The van der Waals surface area contributed by atoms with E-state index in [1.165, 1.54) is 37.1 Å². The Bertz CT molecular complexity index is 799. The molecule has 3 aliphatic heterocycles. The van der Waals surface area contributed by atoms with Crippen LogP contribution in [-0.2, 0) is 4.79 Å². The van der Waals surface area contributed by atoms with E-state index in [0.29, 0.717) is 38.3 Å². The molecule has 2 N–H and O–H groups in total. The maximum absolute atomic E-state index is 12.7. The zero-order valence-electron chi connectivity index (χ0n) is 18.6. The molecule has 3 fully saturated rings. The highest BCUT2D eigenvalue weighted by Crippen LogP contribution is 2.41. The lowest BCUT2D eigenvalue weighted by Gasteiger charge is -2.44. The van der Waals surface area contributed by atoms with E-state index in [1.807, 2.05) is 0 Å². The first kappa shape index (κ1) is 21.1. The van der Waals surface area contributed by atoms with Crippen molar-refractivity contribution in [3.05, 3.63) is 23.8 Å². The second-order valence-electron chi connectivity index (χ2n) is 9.22. The Morgan fingerprint density at radius 1 is 1.13 bits per heavy atom. The van der Waals surface area contributed by atoms with Crippen LogP contribution in [0.25, 0.3) is 0 Å². The molecule has 3 heterocycles. The highest BCUT2D eigenvalue weighted by Gasteiger charge is 2.48. The van der Waals surface area contributed by atoms with Crippen molar-refractivity contribution in [2.45, 2.75) is 52.1 Å². The van der Waals surface area contributed by atoms with E-state index in [-0.39, 0.29) is 11.9 Å². The molecule has 3 amide bonds. The van der Waals surface area contributed by atoms with Crippen molar-refractivity contribution in [3.8, 4) is 0 Å². The van der Waals surface area contributed by atoms with Crippen LogP contribution in [-0.4, -0.2) is 79.6 Å². The van der Waals surface area contributed by atoms with Crippen LogP contribution in [0.5, 0.6) is 0 Å². The van der Waals surface area contributed by atoms with Crippen molar-refractivity contribution in [3.63, 3.8) is 0 Å². The van der Waals surface area contributed by atoms with Crippen LogP contribution < -0.4 is 15.1 Å². The predicted molar refractivity (Wildman–Crippen MR) is 121 cm³/mol. The van der Waals surface area contributed by atoms with E-state index in [0.717, 1.165) is 23.3 Å². The summed E-state index contributed by atoms with van der Waals surface area (Å²) in [5.41, 5.74) is 3.53. The van der Waals surface area contributed by atoms with Gasteiger partial charge in [-0.2, -0.15) is 0 Å². The smallest absolute Gasteiger partial charge is 0.321 e. The average molecular weight is 415 g/mol. The number of quaternary nitrogens is 1. The maximum atomic E-state index is 12.7. The highest BCUT2D eigenvalue weighted by atomic mass is 16.2. The number of likely N-dealkylation sites (tertiary alicyclic amines) is 1. The Morgan fingerprint density at radius 2 is 1.87 bits per heavy atom. The van der Waals surface area contributed by atoms with E-state index in [1.54, 1.807) is 16.7 Å². The SMILES string of the molecule is CC(=O)N1CCN(C(=O)Nc2ccc([N+]3(C4CCNC4)CCCC3C)c(C)c2)CC1. The Kier molecular flexibility index (Phi) is 6.02. The van der Waals surface area contributed by atoms with Gasteiger partial charge in [-0.05, 0) is 26.0 Å². The molecule has 164 valence electrons. The largest absolute Gasteiger partial charge is 0.339 e. The number of carbonyl (C=O) groups excluding carboxylic acids is 2. The molecule has 3 unspecified atom stereocenters. The number of benzene rings is 1. The van der Waals surface area contributed by atoms with Crippen LogP contribution in [0.3, 0.4) is 0 Å². The van der Waals surface area contributed by atoms with E-state index in [9.17, 15) is 9.59 Å². The van der Waals surface area contributed by atoms with E-state index < -0.39 is 0 Å². The Balaban J connectivity index is 1.48. The van der Waals surface area contributed by atoms with Crippen LogP contribution >= 0.6 is 0 Å². The van der Waals surface area contributed by atoms with Gasteiger partial charge in [-0.25, -0.2) is 4.79 Å². The maximum Gasteiger partial charge on any atom is 0.321 e. The quantitative estimate of drug-likeness (QED) is 0.747. The summed E-state index contributed by atoms with van der Waals surface area (Å²) in [5.74, 6) is 0.0759. The fourth-order valence-electron chi connectivity index (χ4n) is 5.86. The lowest BCUT2D eigenvalue weighted by Crippen LogP contribution is -2.60. The predicted octanol–water partition coefficient (Wildman–Crippen LogP) is 2.54. The van der Waals surface area contributed by atoms with Crippen molar-refractivity contribution >= 4 is 23.3 Å². The molecule has 0 aromatic heterocycles. The van der Waals surface area contributed by atoms with Crippen molar-refractivity contribution in [1.82, 2.24) is 19.6 Å². The molecule has 7 heteroatoms. The number of hydrogen-bond acceptors (Lipinski definition) is 3. The van der Waals surface area contributed by atoms with Gasteiger partial charge in [-0.3, -0.25) is 9.28 Å². The summed E-state index contributed by atoms with van der Waals surface area (Å²) in [5, 5.41) is 6.64. The minimum absolute atomic E-state index is 0.0759. The molecule has 0 bridgehead atoms. The molecule has 0 saturated carbocycles. The van der Waals surface area contributed by atoms with Crippen molar-refractivity contribution < 1.29 is 9.59 Å². The van der Waals surface area contributed by atoms with Crippen LogP contribution in [0.2, 0.25) is 0 Å². The number of nitrogens with one attached hydrogen (secondary N) is 2. The number of piperazine rings is 1. The van der Waals surface area contributed by atoms with Gasteiger partial charge in [-0.15, -0.1) is 0 Å². The molecule has 3 aliphatic rings. The van der Waals surface area contributed by atoms with Gasteiger partial charge in [0.25, 0.3) is 0 Å². The summed E-state index contributed by atoms with van der Waals surface area (Å²) in [6.45, 7) is 11.9. The number of rotatable bonds is 3. The molecule has 0 spiro atoms. The Hall–Kier alpha value is -2.12. The van der Waals surface area contributed by atoms with E-state index in [4.69, 9.17) is 0 Å². The zero-order chi connectivity index (χ0) is 21.3. The lowest BCUT2D eigenvalue weighted by molar-refractivity contribution is -0.130. The third-order valence-electron chi connectivity index (χ3n) is 7.53. The summed E-state index contributed by atoms with van der Waals surface area (Å²) in [4.78, 5) is 27.8. The molecule has 7 nitrogen and oxygen atoms in total. The second kappa shape index (κ2) is 8.55. The molecule has 1 aromatic carbocycles. The molecule has 0 radical (unpaired) electrons. The first-order valence-corrected chi connectivity index (χ1v) is 11.4. The van der Waals surface area contributed by atoms with Crippen LogP contribution in [0.15, 0.2) is 18.2 Å². The summed E-state index contributed by atoms with van der Waals surface area (Å²) < 4.78 is 1.08. The molecule has 1 aromatic rings. The van der Waals surface area contributed by atoms with Crippen LogP contribution in [0.1, 0.15) is 38.7 Å². The molecular weight excluding hydrogens is 378 g/mol. The van der Waals surface area contributed by atoms with E-state index >= 15 is 0 Å². The first-order valence-electron chi connectivity index (χ1n) is 11.4. The van der Waals surface area contributed by atoms with Gasteiger partial charge in [0.1, 0.15) is 11.7 Å². The number of anilines is 1. The van der Waals surface area contributed by atoms with Gasteiger partial charge >= 0.3 is 6.03 Å². The standard InChI is InChI=1S/C23H35N5O2/c1-17-15-20(25-23(30)27-12-10-26(11-13-27)19(3)29)6-7-22(17)28(14-4-5-18(28)2)21-8-9-24-16-21/h6-7,15,18,21,24H,4-5,8-14,16H2,1-3H3/p+1. The van der Waals surface area contributed by atoms with Gasteiger partial charge in [0.2, 0.25) is 5.91 Å². The highest BCUT2D eigenvalue weighted by molar-refractivity contribution is 5.90. The summed E-state index contributed by atoms with van der Waals surface area (Å²) in [6, 6.07) is 7.64. The van der Waals surface area contributed by atoms with Gasteiger partial charge in [0.15, 0.2) is 0 Å². The fourth-order valence-corrected chi connectivity index (χ4v) is 5.86. The van der Waals surface area contributed by atoms with Gasteiger partial charge in [0, 0.05) is 82.8 Å². The van der Waals surface area contributed by atoms with Gasteiger partial charge < -0.3 is 20.4 Å². The Labute approximate surface area is 180 Å². The third-order valence-corrected chi connectivity index (χ3v) is 7.53. The summed E-state index contributed by atoms with van der Waals surface area (Å²) in [7, 11) is 0. The number of nitrogens with zero attached hydrogens (tertiary/aromatic N) is 3. The third kappa shape index (κ3) is 3.81. The van der Waals surface area contributed by atoms with Crippen LogP contribution in [0.4, 0.5) is 16.2 Å². The fraction of sp³-hybridized carbons (Fsp3) is 0.652. The lowest BCUT2D eigenvalue weighted by atomic mass is 10.0. The molecule has 0 aliphatic carbocycles. The molecule has 4 rings (SSSR count). The first-order chi connectivity index (χ1) is 14.4. The molecule has 30 heavy (non-hydrogen) atoms. The van der Waals surface area contributed by atoms with Crippen molar-refractivity contribution in [2.24, 2.45) is 0 Å². The van der Waals surface area contributed by atoms with E-state index in [2.05, 4.69) is 42.7 Å². The summed E-state index contributed by atoms with van der Waals surface area (Å²) in [6.07, 6.45) is 3.79. The topological polar surface area (TPSA) is 64.7 Å². The van der Waals surface area contributed by atoms with Gasteiger partial charge in [0.05, 0.1) is 12.6 Å². The zero-order valence-corrected chi connectivity index (χ0v) is 18.6. The second-order valence-corrected chi connectivity index (χ2v) is 9.22. The van der Waals surface area contributed by atoms with Crippen molar-refractivity contribution in [2.75, 3.05) is 51.1 Å². The average Bonchev–Trinajstić information content (AvgIpc) is 3.39. The minimum Gasteiger partial charge on any atom is -0.339 e. The number of hydrogen-bond donors (Lipinski definition) is 2. The molecule has 3 saturated heterocycles.